The van der Waals surface area contributed by atoms with E-state index in [4.69, 9.17) is 9.47 Å². The Hall–Kier alpha value is -3.64. The number of methoxy groups -OCH3 is 1. The van der Waals surface area contributed by atoms with E-state index in [-0.39, 0.29) is 50.0 Å². The van der Waals surface area contributed by atoms with Gasteiger partial charge in [0.2, 0.25) is 16.5 Å². The van der Waals surface area contributed by atoms with E-state index in [1.54, 1.807) is 31.2 Å². The van der Waals surface area contributed by atoms with E-state index >= 15 is 0 Å². The molecule has 34 heavy (non-hydrogen) atoms. The smallest absolute Gasteiger partial charge is 0.354 e. The van der Waals surface area contributed by atoms with Gasteiger partial charge in [0.25, 0.3) is 11.5 Å². The highest BCUT2D eigenvalue weighted by Crippen LogP contribution is 2.45. The Balaban J connectivity index is 1.51. The van der Waals surface area contributed by atoms with Crippen LogP contribution in [0.4, 0.5) is 5.69 Å². The molecule has 11 nitrogen and oxygen atoms in total. The van der Waals surface area contributed by atoms with Crippen molar-refractivity contribution in [2.24, 2.45) is 0 Å². The Morgan fingerprint density at radius 2 is 2.03 bits per heavy atom. The fourth-order valence-electron chi connectivity index (χ4n) is 4.50. The highest BCUT2D eigenvalue weighted by atomic mass is 32.1. The molecule has 3 aromatic rings. The lowest BCUT2D eigenvalue weighted by molar-refractivity contribution is -0.159. The maximum absolute atomic E-state index is 13.6. The number of fused-ring (bicyclic) bond motifs is 4. The Kier molecular flexibility index (Phi) is 5.41. The van der Waals surface area contributed by atoms with Crippen LogP contribution in [0.5, 0.6) is 0 Å². The second-order valence-electron chi connectivity index (χ2n) is 8.01. The molecule has 5 rings (SSSR count). The number of anilines is 1. The van der Waals surface area contributed by atoms with Gasteiger partial charge in [0.1, 0.15) is 6.61 Å². The molecule has 2 aliphatic rings. The average Bonchev–Trinajstić information content (AvgIpc) is 3.39. The first-order valence-electron chi connectivity index (χ1n) is 10.6. The summed E-state index contributed by atoms with van der Waals surface area (Å²) in [5.41, 5.74) is -0.674. The molecule has 176 valence electrons. The van der Waals surface area contributed by atoms with Crippen LogP contribution in [0, 0.1) is 6.92 Å². The summed E-state index contributed by atoms with van der Waals surface area (Å²) in [7, 11) is 1.50. The van der Waals surface area contributed by atoms with Crippen LogP contribution in [0.25, 0.3) is 4.96 Å². The van der Waals surface area contributed by atoms with Gasteiger partial charge >= 0.3 is 5.97 Å². The number of amides is 2. The van der Waals surface area contributed by atoms with Crippen LogP contribution in [0.3, 0.4) is 0 Å². The Morgan fingerprint density at radius 1 is 1.24 bits per heavy atom. The van der Waals surface area contributed by atoms with Gasteiger partial charge in [0.05, 0.1) is 17.9 Å². The zero-order valence-corrected chi connectivity index (χ0v) is 19.3. The maximum Gasteiger partial charge on any atom is 0.354 e. The van der Waals surface area contributed by atoms with Gasteiger partial charge in [0, 0.05) is 38.3 Å². The van der Waals surface area contributed by atoms with Crippen LogP contribution in [0.1, 0.15) is 33.9 Å². The molecule has 0 saturated carbocycles. The van der Waals surface area contributed by atoms with Crippen molar-refractivity contribution in [2.45, 2.75) is 32.0 Å². The lowest BCUT2D eigenvalue weighted by Crippen LogP contribution is -2.68. The lowest BCUT2D eigenvalue weighted by Gasteiger charge is -2.48. The normalized spacial score (nSPS) is 19.5. The molecule has 12 heteroatoms. The molecule has 0 bridgehead atoms. The molecular formula is C22H21N5O6S. The number of hydrogen-bond donors (Lipinski definition) is 0. The van der Waals surface area contributed by atoms with Crippen LogP contribution in [0.15, 0.2) is 35.1 Å². The molecule has 4 heterocycles. The fourth-order valence-corrected chi connectivity index (χ4v) is 5.36. The molecular weight excluding hydrogens is 462 g/mol. The standard InChI is InChI=1S/C22H21N5O6S/c1-13-11-18(29)27-21(23-13)34-16(24-27)12-33-20(31)22-8-7-17(28)26(22)15-6-4-3-5-14(15)19(30)25(22)9-10-32-2/h3-6,11H,7-10,12H2,1-2H3. The molecule has 0 N–H and O–H groups in total. The van der Waals surface area contributed by atoms with Gasteiger partial charge < -0.3 is 14.4 Å². The quantitative estimate of drug-likeness (QED) is 0.478. The van der Waals surface area contributed by atoms with Crippen LogP contribution in [-0.2, 0) is 25.7 Å². The van der Waals surface area contributed by atoms with Crippen molar-refractivity contribution in [3.8, 4) is 0 Å². The number of carbonyl (C=O) groups is 3. The molecule has 2 aliphatic heterocycles. The molecule has 2 aromatic heterocycles. The second kappa shape index (κ2) is 8.29. The number of rotatable bonds is 6. The SMILES string of the molecule is COCCN1C(=O)c2ccccc2N2C(=O)CCC12C(=O)OCc1nn2c(=O)cc(C)nc2s1. The summed E-state index contributed by atoms with van der Waals surface area (Å²) in [6, 6.07) is 8.07. The van der Waals surface area contributed by atoms with Crippen molar-refractivity contribution in [1.29, 1.82) is 0 Å². The minimum absolute atomic E-state index is 0.0833. The van der Waals surface area contributed by atoms with E-state index in [1.807, 2.05) is 0 Å². The van der Waals surface area contributed by atoms with Crippen LogP contribution < -0.4 is 10.5 Å². The summed E-state index contributed by atoms with van der Waals surface area (Å²) in [6.07, 6.45) is 0.175. The number of aromatic nitrogens is 3. The molecule has 2 amide bonds. The molecule has 1 fully saturated rings. The van der Waals surface area contributed by atoms with Crippen molar-refractivity contribution >= 4 is 39.8 Å². The first kappa shape index (κ1) is 22.2. The summed E-state index contributed by atoms with van der Waals surface area (Å²) in [5.74, 6) is -1.39. The van der Waals surface area contributed by atoms with E-state index in [2.05, 4.69) is 10.1 Å². The van der Waals surface area contributed by atoms with Gasteiger partial charge in [-0.1, -0.05) is 23.5 Å². The Labute approximate surface area is 197 Å². The van der Waals surface area contributed by atoms with E-state index in [9.17, 15) is 19.2 Å². The van der Waals surface area contributed by atoms with Gasteiger partial charge in [-0.05, 0) is 19.1 Å². The molecule has 0 spiro atoms. The summed E-state index contributed by atoms with van der Waals surface area (Å²) in [5, 5.41) is 4.55. The fraction of sp³-hybridized carbons (Fsp3) is 0.364. The van der Waals surface area contributed by atoms with Crippen molar-refractivity contribution in [3.05, 3.63) is 57.0 Å². The number of nitrogens with zero attached hydrogens (tertiary/aromatic N) is 5. The lowest BCUT2D eigenvalue weighted by atomic mass is 9.96. The number of para-hydroxylation sites is 1. The second-order valence-corrected chi connectivity index (χ2v) is 9.06. The van der Waals surface area contributed by atoms with Crippen molar-refractivity contribution in [2.75, 3.05) is 25.2 Å². The monoisotopic (exact) mass is 483 g/mol. The zero-order valence-electron chi connectivity index (χ0n) is 18.5. The Bertz CT molecular complexity index is 1380. The molecule has 1 saturated heterocycles. The van der Waals surface area contributed by atoms with Gasteiger partial charge in [-0.25, -0.2) is 9.78 Å². The predicted molar refractivity (Wildman–Crippen MR) is 120 cm³/mol. The van der Waals surface area contributed by atoms with Crippen LogP contribution >= 0.6 is 11.3 Å². The van der Waals surface area contributed by atoms with Gasteiger partial charge in [0.15, 0.2) is 5.01 Å². The molecule has 1 atom stereocenters. The third kappa shape index (κ3) is 3.29. The minimum Gasteiger partial charge on any atom is -0.455 e. The topological polar surface area (TPSA) is 123 Å². The van der Waals surface area contributed by atoms with Crippen molar-refractivity contribution in [1.82, 2.24) is 19.5 Å². The third-order valence-corrected chi connectivity index (χ3v) is 6.84. The van der Waals surface area contributed by atoms with Crippen molar-refractivity contribution < 1.29 is 23.9 Å². The first-order chi connectivity index (χ1) is 16.4. The first-order valence-corrected chi connectivity index (χ1v) is 11.4. The minimum atomic E-state index is -1.62. The molecule has 0 radical (unpaired) electrons. The van der Waals surface area contributed by atoms with E-state index in [1.165, 1.54) is 23.0 Å². The summed E-state index contributed by atoms with van der Waals surface area (Å²) in [4.78, 5) is 59.5. The van der Waals surface area contributed by atoms with E-state index in [0.29, 0.717) is 26.9 Å². The van der Waals surface area contributed by atoms with E-state index < -0.39 is 11.6 Å². The number of aryl methyl sites for hydroxylation is 1. The number of hydrogen-bond acceptors (Lipinski definition) is 9. The van der Waals surface area contributed by atoms with Gasteiger partial charge in [-0.15, -0.1) is 0 Å². The summed E-state index contributed by atoms with van der Waals surface area (Å²) in [6.45, 7) is 1.75. The van der Waals surface area contributed by atoms with Gasteiger partial charge in [-0.2, -0.15) is 9.61 Å². The number of ether oxygens (including phenoxy) is 2. The summed E-state index contributed by atoms with van der Waals surface area (Å²) < 4.78 is 11.9. The Morgan fingerprint density at radius 3 is 2.82 bits per heavy atom. The number of esters is 1. The molecule has 1 unspecified atom stereocenters. The maximum atomic E-state index is 13.6. The third-order valence-electron chi connectivity index (χ3n) is 5.96. The highest BCUT2D eigenvalue weighted by Gasteiger charge is 2.61. The van der Waals surface area contributed by atoms with Crippen LogP contribution in [-0.4, -0.2) is 63.2 Å². The molecule has 1 aromatic carbocycles. The van der Waals surface area contributed by atoms with Crippen LogP contribution in [0.2, 0.25) is 0 Å². The molecule has 0 aliphatic carbocycles. The largest absolute Gasteiger partial charge is 0.455 e. The van der Waals surface area contributed by atoms with Gasteiger partial charge in [-0.3, -0.25) is 19.3 Å². The predicted octanol–water partition coefficient (Wildman–Crippen LogP) is 1.13. The average molecular weight is 484 g/mol. The number of carbonyl (C=O) groups excluding carboxylic acids is 3. The number of benzene rings is 1. The zero-order chi connectivity index (χ0) is 24.0. The van der Waals surface area contributed by atoms with E-state index in [0.717, 1.165) is 15.9 Å². The highest BCUT2D eigenvalue weighted by molar-refractivity contribution is 7.16. The van der Waals surface area contributed by atoms with Crippen molar-refractivity contribution in [3.63, 3.8) is 0 Å². The summed E-state index contributed by atoms with van der Waals surface area (Å²) >= 11 is 1.12.